The van der Waals surface area contributed by atoms with Gasteiger partial charge in [-0.25, -0.2) is 9.59 Å². The normalized spacial score (nSPS) is 15.2. The van der Waals surface area contributed by atoms with Crippen molar-refractivity contribution in [2.45, 2.75) is 118 Å². The first-order chi connectivity index (χ1) is 23.7. The van der Waals surface area contributed by atoms with Crippen LogP contribution in [0.25, 0.3) is 0 Å². The van der Waals surface area contributed by atoms with Crippen molar-refractivity contribution in [1.29, 1.82) is 0 Å². The fraction of sp³-hybridized carbons (Fsp3) is 0.711. The van der Waals surface area contributed by atoms with Crippen LogP contribution in [0.4, 0.5) is 9.59 Å². The standard InChI is InChI=1S/C21H33NO4.C11H22N2O2.C6H9BO3.Na/c1-21(2,3)26-20(23)22-13-11-16(12-14-22)7-6-8-17-9-10-18(24-4)15-19(17)25-5;1-11(2,3)15-10(14)13-6-4-9(8-12)5-7-13;1-4(8)7(5(2)9)6(3)10;/h9-10,15-16H,6-8,11-14H2,1-5H3;9H,4-8,12H2,1-3H3;1-3H3;/q;;-1;+1. The molecule has 0 spiro atoms. The Kier molecular flexibility index (Phi) is 22.7. The fourth-order valence-corrected chi connectivity index (χ4v) is 5.91. The second kappa shape index (κ2) is 23.9. The molecule has 0 bridgehead atoms. The Balaban J connectivity index is 0.000000846. The van der Waals surface area contributed by atoms with E-state index in [2.05, 4.69) is 6.07 Å². The Morgan fingerprint density at radius 3 is 1.48 bits per heavy atom. The molecule has 0 unspecified atom stereocenters. The quantitative estimate of drug-likeness (QED) is 0.354. The Hall–Kier alpha value is -2.61. The van der Waals surface area contributed by atoms with Crippen molar-refractivity contribution < 1.29 is 72.5 Å². The van der Waals surface area contributed by atoms with Crippen LogP contribution in [0.2, 0.25) is 0 Å². The van der Waals surface area contributed by atoms with Gasteiger partial charge in [0.1, 0.15) is 29.4 Å². The summed E-state index contributed by atoms with van der Waals surface area (Å²) in [6.07, 6.45) is 7.02. The summed E-state index contributed by atoms with van der Waals surface area (Å²) in [6.45, 7) is 18.0. The summed E-state index contributed by atoms with van der Waals surface area (Å²) < 4.78 is 21.5. The third kappa shape index (κ3) is 19.5. The molecule has 0 atom stereocenters. The van der Waals surface area contributed by atoms with Crippen LogP contribution in [-0.4, -0.2) is 104 Å². The van der Waals surface area contributed by atoms with E-state index < -0.39 is 17.9 Å². The molecule has 0 aromatic heterocycles. The molecule has 2 heterocycles. The van der Waals surface area contributed by atoms with Crippen molar-refractivity contribution in [2.24, 2.45) is 17.6 Å². The topological polar surface area (TPSA) is 155 Å². The number of benzene rings is 1. The van der Waals surface area contributed by atoms with Crippen LogP contribution in [0.15, 0.2) is 18.2 Å². The summed E-state index contributed by atoms with van der Waals surface area (Å²) in [6, 6.07) is 6.01. The van der Waals surface area contributed by atoms with Gasteiger partial charge in [0.05, 0.1) is 14.2 Å². The van der Waals surface area contributed by atoms with E-state index in [9.17, 15) is 24.0 Å². The van der Waals surface area contributed by atoms with Gasteiger partial charge >= 0.3 is 41.7 Å². The van der Waals surface area contributed by atoms with Crippen LogP contribution < -0.4 is 44.8 Å². The van der Waals surface area contributed by atoms with Gasteiger partial charge in [-0.3, -0.25) is 0 Å². The number of rotatable bonds is 10. The van der Waals surface area contributed by atoms with Crippen molar-refractivity contribution in [2.75, 3.05) is 46.9 Å². The maximum Gasteiger partial charge on any atom is 1.00 e. The van der Waals surface area contributed by atoms with E-state index in [4.69, 9.17) is 24.7 Å². The minimum atomic E-state index is -1.03. The van der Waals surface area contributed by atoms with Gasteiger partial charge in [-0.2, -0.15) is 0 Å². The van der Waals surface area contributed by atoms with E-state index >= 15 is 0 Å². The molecule has 1 aromatic rings. The van der Waals surface area contributed by atoms with Crippen molar-refractivity contribution in [1.82, 2.24) is 9.80 Å². The predicted octanol–water partition coefficient (Wildman–Crippen LogP) is 3.14. The average molecular weight is 741 g/mol. The summed E-state index contributed by atoms with van der Waals surface area (Å²) in [5.41, 5.74) is 4.86. The first-order valence-corrected chi connectivity index (χ1v) is 18.1. The monoisotopic (exact) mass is 740 g/mol. The van der Waals surface area contributed by atoms with Gasteiger partial charge in [0.25, 0.3) is 0 Å². The molecule has 14 heteroatoms. The number of hydrogen-bond donors (Lipinski definition) is 1. The number of ether oxygens (including phenoxy) is 4. The molecule has 2 saturated heterocycles. The zero-order chi connectivity index (χ0) is 38.9. The van der Waals surface area contributed by atoms with E-state index in [-0.39, 0.29) is 58.8 Å². The van der Waals surface area contributed by atoms with Crippen LogP contribution in [-0.2, 0) is 30.3 Å². The van der Waals surface area contributed by atoms with Crippen molar-refractivity contribution >= 4 is 35.9 Å². The second-order valence-corrected chi connectivity index (χ2v) is 15.4. The predicted molar refractivity (Wildman–Crippen MR) is 200 cm³/mol. The molecular formula is C38H64BN3NaO9. The number of likely N-dealkylation sites (tertiary alicyclic amines) is 2. The van der Waals surface area contributed by atoms with Crippen LogP contribution in [0, 0.1) is 11.8 Å². The summed E-state index contributed by atoms with van der Waals surface area (Å²) in [5, 5.41) is 0. The van der Waals surface area contributed by atoms with E-state index in [0.29, 0.717) is 11.8 Å². The van der Waals surface area contributed by atoms with Gasteiger partial charge in [-0.1, -0.05) is 23.1 Å². The van der Waals surface area contributed by atoms with Gasteiger partial charge in [-0.15, -0.1) is 0 Å². The number of piperidine rings is 2. The molecule has 289 valence electrons. The number of nitrogens with zero attached hydrogens (tertiary/aromatic N) is 2. The molecule has 0 saturated carbocycles. The minimum absolute atomic E-state index is 0. The summed E-state index contributed by atoms with van der Waals surface area (Å²) >= 11 is 0. The summed E-state index contributed by atoms with van der Waals surface area (Å²) in [4.78, 5) is 59.2. The molecule has 2 N–H and O–H groups in total. The van der Waals surface area contributed by atoms with Gasteiger partial charge in [0, 0.05) is 32.2 Å². The minimum Gasteiger partial charge on any atom is -0.497 e. The number of carbonyl (C=O) groups is 5. The smallest absolute Gasteiger partial charge is 0.497 e. The fourth-order valence-electron chi connectivity index (χ4n) is 5.91. The average Bonchev–Trinajstić information content (AvgIpc) is 3.03. The second-order valence-electron chi connectivity index (χ2n) is 15.4. The van der Waals surface area contributed by atoms with Crippen LogP contribution in [0.1, 0.15) is 106 Å². The molecule has 52 heavy (non-hydrogen) atoms. The van der Waals surface area contributed by atoms with Crippen LogP contribution in [0.5, 0.6) is 11.5 Å². The maximum absolute atomic E-state index is 12.1. The number of amides is 2. The molecule has 2 fully saturated rings. The first-order valence-electron chi connectivity index (χ1n) is 18.1. The van der Waals surface area contributed by atoms with Gasteiger partial charge in [-0.05, 0) is 137 Å². The zero-order valence-corrected chi connectivity index (χ0v) is 36.1. The van der Waals surface area contributed by atoms with Crippen molar-refractivity contribution in [3.63, 3.8) is 0 Å². The van der Waals surface area contributed by atoms with E-state index in [1.807, 2.05) is 58.6 Å². The first kappa shape index (κ1) is 49.4. The van der Waals surface area contributed by atoms with E-state index in [0.717, 1.165) is 82.7 Å². The molecule has 2 aliphatic heterocycles. The molecule has 1 radical (unpaired) electrons. The van der Waals surface area contributed by atoms with Gasteiger partial charge in [0.15, 0.2) is 0 Å². The summed E-state index contributed by atoms with van der Waals surface area (Å²) in [7, 11) is 3.36. The Labute approximate surface area is 334 Å². The van der Waals surface area contributed by atoms with Crippen LogP contribution >= 0.6 is 0 Å². The van der Waals surface area contributed by atoms with Gasteiger partial charge < -0.3 is 48.9 Å². The summed E-state index contributed by atoms with van der Waals surface area (Å²) in [5.74, 6) is 2.96. The molecule has 12 nitrogen and oxygen atoms in total. The Bertz CT molecular complexity index is 1250. The SMILES string of the molecule is CC(=O)[B-](C(C)=O)C(C)=O.CC(C)(C)OC(=O)N1CCC(CN)CC1.COc1ccc(CCCC2CCN(C(=O)OC(C)(C)C)CC2)c(OC)c1.[Na+]. The third-order valence-corrected chi connectivity index (χ3v) is 8.64. The maximum atomic E-state index is 12.1. The van der Waals surface area contributed by atoms with E-state index in [1.54, 1.807) is 19.1 Å². The van der Waals surface area contributed by atoms with E-state index in [1.165, 1.54) is 32.8 Å². The number of nitrogens with two attached hydrogens (primary N) is 1. The number of methoxy groups -OCH3 is 2. The third-order valence-electron chi connectivity index (χ3n) is 8.64. The number of carbonyl (C=O) groups excluding carboxylic acids is 5. The molecular weight excluding hydrogens is 676 g/mol. The Morgan fingerprint density at radius 2 is 1.15 bits per heavy atom. The molecule has 3 rings (SSSR count). The largest absolute Gasteiger partial charge is 1.00 e. The van der Waals surface area contributed by atoms with Crippen molar-refractivity contribution in [3.05, 3.63) is 23.8 Å². The Morgan fingerprint density at radius 1 is 0.731 bits per heavy atom. The van der Waals surface area contributed by atoms with Crippen LogP contribution in [0.3, 0.4) is 0 Å². The molecule has 1 aromatic carbocycles. The molecule has 2 aliphatic rings. The number of aryl methyl sites for hydroxylation is 1. The zero-order valence-electron chi connectivity index (χ0n) is 34.1. The molecule has 2 amide bonds. The number of hydrogen-bond acceptors (Lipinski definition) is 10. The molecule has 0 aliphatic carbocycles. The van der Waals surface area contributed by atoms with Gasteiger partial charge in [0.2, 0.25) is 0 Å². The van der Waals surface area contributed by atoms with Crippen molar-refractivity contribution in [3.8, 4) is 11.5 Å².